The van der Waals surface area contributed by atoms with Gasteiger partial charge in [0.05, 0.1) is 17.1 Å². The lowest BCUT2D eigenvalue weighted by molar-refractivity contribution is 0.244. The molecule has 45 heavy (non-hydrogen) atoms. The summed E-state index contributed by atoms with van der Waals surface area (Å²) in [6.45, 7) is 8.51. The van der Waals surface area contributed by atoms with Crippen molar-refractivity contribution in [2.45, 2.75) is 56.8 Å². The van der Waals surface area contributed by atoms with Crippen LogP contribution in [0.4, 0.5) is 27.8 Å². The molecule has 0 radical (unpaired) electrons. The van der Waals surface area contributed by atoms with Crippen molar-refractivity contribution in [3.05, 3.63) is 60.8 Å². The molecular weight excluding hydrogens is 583 g/mol. The van der Waals surface area contributed by atoms with Crippen LogP contribution < -0.4 is 20.9 Å². The maximum absolute atomic E-state index is 12.8. The second kappa shape index (κ2) is 13.5. The zero-order chi connectivity index (χ0) is 30.6. The van der Waals surface area contributed by atoms with Gasteiger partial charge in [-0.2, -0.15) is 0 Å². The van der Waals surface area contributed by atoms with E-state index in [0.29, 0.717) is 5.95 Å². The van der Waals surface area contributed by atoms with E-state index in [2.05, 4.69) is 66.5 Å². The number of aromatic nitrogens is 4. The number of rotatable bonds is 8. The maximum atomic E-state index is 12.8. The van der Waals surface area contributed by atoms with Crippen LogP contribution in [0.5, 0.6) is 0 Å². The Labute approximate surface area is 269 Å². The highest BCUT2D eigenvalue weighted by molar-refractivity contribution is 7.99. The summed E-state index contributed by atoms with van der Waals surface area (Å²) in [5, 5.41) is 10.6. The Hall–Kier alpha value is -4.09. The van der Waals surface area contributed by atoms with Gasteiger partial charge in [0.2, 0.25) is 5.95 Å². The molecule has 2 aromatic carbocycles. The van der Waals surface area contributed by atoms with Gasteiger partial charge in [0, 0.05) is 73.3 Å². The summed E-state index contributed by atoms with van der Waals surface area (Å²) < 4.78 is 2.25. The molecule has 0 atom stereocenters. The number of nitrogens with zero attached hydrogens (tertiary/aromatic N) is 6. The molecule has 4 aromatic rings. The van der Waals surface area contributed by atoms with Crippen LogP contribution in [0.15, 0.2) is 66.0 Å². The molecule has 2 fully saturated rings. The summed E-state index contributed by atoms with van der Waals surface area (Å²) in [6, 6.07) is 18.5. The van der Waals surface area contributed by atoms with E-state index < -0.39 is 0 Å². The standard InChI is InChI=1S/C34H41N9OS/c1-2-41-17-19-42(20-18-41)28-13-11-26(12-14-28)36-32-35-16-15-29(39-32)31-30(40-34-43(31)21-22-45-34)24-7-6-10-27(23-24)38-33(44)37-25-8-4-3-5-9-25/h6-7,10-16,23,25H,2-5,8-9,17-22H2,1H3,(H,35,36,39)(H2,37,38,44). The van der Waals surface area contributed by atoms with Crippen LogP contribution in [0.25, 0.3) is 22.6 Å². The van der Waals surface area contributed by atoms with E-state index >= 15 is 0 Å². The van der Waals surface area contributed by atoms with Crippen LogP contribution in [0, 0.1) is 0 Å². The number of hydrogen-bond donors (Lipinski definition) is 3. The number of likely N-dealkylation sites (N-methyl/N-ethyl adjacent to an activating group) is 1. The molecule has 11 heteroatoms. The van der Waals surface area contributed by atoms with E-state index in [1.54, 1.807) is 18.0 Å². The van der Waals surface area contributed by atoms with E-state index in [1.165, 1.54) is 24.9 Å². The summed E-state index contributed by atoms with van der Waals surface area (Å²) in [5.41, 5.74) is 6.49. The Morgan fingerprint density at radius 1 is 0.933 bits per heavy atom. The average Bonchev–Trinajstić information content (AvgIpc) is 3.68. The number of imidazole rings is 1. The first-order valence-corrected chi connectivity index (χ1v) is 17.2. The van der Waals surface area contributed by atoms with E-state index in [0.717, 1.165) is 97.0 Å². The molecule has 1 saturated heterocycles. The number of piperazine rings is 1. The number of urea groups is 1. The first kappa shape index (κ1) is 29.6. The van der Waals surface area contributed by atoms with Gasteiger partial charge in [0.25, 0.3) is 0 Å². The minimum absolute atomic E-state index is 0.152. The second-order valence-corrected chi connectivity index (χ2v) is 13.0. The molecular formula is C34H41N9OS. The van der Waals surface area contributed by atoms with Crippen molar-refractivity contribution >= 4 is 40.8 Å². The third-order valence-corrected chi connectivity index (χ3v) is 9.98. The Morgan fingerprint density at radius 2 is 1.76 bits per heavy atom. The lowest BCUT2D eigenvalue weighted by Crippen LogP contribution is -2.46. The molecule has 10 nitrogen and oxygen atoms in total. The summed E-state index contributed by atoms with van der Waals surface area (Å²) in [6.07, 6.45) is 7.50. The summed E-state index contributed by atoms with van der Waals surface area (Å²) in [7, 11) is 0. The maximum Gasteiger partial charge on any atom is 0.319 e. The number of thioether (sulfide) groups is 1. The summed E-state index contributed by atoms with van der Waals surface area (Å²) >= 11 is 1.75. The highest BCUT2D eigenvalue weighted by Gasteiger charge is 2.25. The molecule has 0 unspecified atom stereocenters. The molecule has 234 valence electrons. The van der Waals surface area contributed by atoms with Gasteiger partial charge in [-0.05, 0) is 61.9 Å². The first-order chi connectivity index (χ1) is 22.1. The van der Waals surface area contributed by atoms with Gasteiger partial charge in [-0.25, -0.2) is 19.7 Å². The predicted molar refractivity (Wildman–Crippen MR) is 182 cm³/mol. The molecule has 4 heterocycles. The fourth-order valence-electron chi connectivity index (χ4n) is 6.54. The van der Waals surface area contributed by atoms with Gasteiger partial charge in [0.1, 0.15) is 0 Å². The number of nitrogens with one attached hydrogen (secondary N) is 3. The van der Waals surface area contributed by atoms with Gasteiger partial charge >= 0.3 is 6.03 Å². The van der Waals surface area contributed by atoms with Crippen LogP contribution in [0.2, 0.25) is 0 Å². The monoisotopic (exact) mass is 623 g/mol. The van der Waals surface area contributed by atoms with E-state index in [9.17, 15) is 4.79 Å². The van der Waals surface area contributed by atoms with Crippen molar-refractivity contribution in [2.75, 3.05) is 54.0 Å². The average molecular weight is 624 g/mol. The smallest absolute Gasteiger partial charge is 0.319 e. The fourth-order valence-corrected chi connectivity index (χ4v) is 7.49. The van der Waals surface area contributed by atoms with Crippen LogP contribution >= 0.6 is 11.8 Å². The number of carbonyl (C=O) groups excluding carboxylic acids is 1. The van der Waals surface area contributed by atoms with Gasteiger partial charge < -0.3 is 30.3 Å². The number of benzene rings is 2. The minimum Gasteiger partial charge on any atom is -0.369 e. The number of carbonyl (C=O) groups is 1. The van der Waals surface area contributed by atoms with Crippen molar-refractivity contribution in [3.8, 4) is 22.6 Å². The lowest BCUT2D eigenvalue weighted by atomic mass is 9.96. The highest BCUT2D eigenvalue weighted by Crippen LogP contribution is 2.39. The molecule has 7 rings (SSSR count). The molecule has 3 N–H and O–H groups in total. The second-order valence-electron chi connectivity index (χ2n) is 12.0. The first-order valence-electron chi connectivity index (χ1n) is 16.2. The molecule has 2 amide bonds. The third kappa shape index (κ3) is 6.79. The zero-order valence-corrected chi connectivity index (χ0v) is 26.7. The highest BCUT2D eigenvalue weighted by atomic mass is 32.2. The van der Waals surface area contributed by atoms with Crippen LogP contribution in [-0.4, -0.2) is 75.0 Å². The minimum atomic E-state index is -0.152. The molecule has 2 aromatic heterocycles. The Kier molecular flexibility index (Phi) is 8.88. The van der Waals surface area contributed by atoms with Gasteiger partial charge in [-0.15, -0.1) is 0 Å². The van der Waals surface area contributed by atoms with Crippen molar-refractivity contribution in [1.82, 2.24) is 29.7 Å². The largest absolute Gasteiger partial charge is 0.369 e. The van der Waals surface area contributed by atoms with Crippen molar-refractivity contribution < 1.29 is 4.79 Å². The Balaban J connectivity index is 1.09. The fraction of sp³-hybridized carbons (Fsp3) is 0.412. The van der Waals surface area contributed by atoms with E-state index in [4.69, 9.17) is 9.97 Å². The van der Waals surface area contributed by atoms with Crippen LogP contribution in [0.3, 0.4) is 0 Å². The summed E-state index contributed by atoms with van der Waals surface area (Å²) in [5.74, 6) is 1.52. The van der Waals surface area contributed by atoms with Gasteiger partial charge in [-0.1, -0.05) is 50.1 Å². The van der Waals surface area contributed by atoms with E-state index in [1.807, 2.05) is 30.3 Å². The quantitative estimate of drug-likeness (QED) is 0.206. The van der Waals surface area contributed by atoms with Gasteiger partial charge in [-0.3, -0.25) is 0 Å². The SMILES string of the molecule is CCN1CCN(c2ccc(Nc3nccc(-c4c(-c5cccc(NC(=O)NC6CCCCC6)c5)nc5n4CCS5)n3)cc2)CC1. The van der Waals surface area contributed by atoms with Crippen molar-refractivity contribution in [2.24, 2.45) is 0 Å². The lowest BCUT2D eigenvalue weighted by Gasteiger charge is -2.35. The molecule has 1 aliphatic carbocycles. The van der Waals surface area contributed by atoms with Crippen LogP contribution in [0.1, 0.15) is 39.0 Å². The normalized spacial score (nSPS) is 17.2. The zero-order valence-electron chi connectivity index (χ0n) is 25.8. The third-order valence-electron chi connectivity index (χ3n) is 9.02. The topological polar surface area (TPSA) is 103 Å². The Morgan fingerprint density at radius 3 is 2.56 bits per heavy atom. The predicted octanol–water partition coefficient (Wildman–Crippen LogP) is 6.45. The Bertz CT molecular complexity index is 1630. The number of fused-ring (bicyclic) bond motifs is 1. The summed E-state index contributed by atoms with van der Waals surface area (Å²) in [4.78, 5) is 32.2. The molecule has 0 spiro atoms. The van der Waals surface area contributed by atoms with E-state index in [-0.39, 0.29) is 12.1 Å². The molecule has 1 saturated carbocycles. The number of hydrogen-bond acceptors (Lipinski definition) is 8. The molecule has 3 aliphatic rings. The molecule has 2 aliphatic heterocycles. The molecule has 0 bridgehead atoms. The van der Waals surface area contributed by atoms with Crippen molar-refractivity contribution in [3.63, 3.8) is 0 Å². The van der Waals surface area contributed by atoms with Crippen molar-refractivity contribution in [1.29, 1.82) is 0 Å². The number of amides is 2. The van der Waals surface area contributed by atoms with Gasteiger partial charge in [0.15, 0.2) is 5.16 Å². The number of anilines is 4. The van der Waals surface area contributed by atoms with Crippen LogP contribution in [-0.2, 0) is 6.54 Å².